The largest absolute Gasteiger partial charge is 0.130 e. The van der Waals surface area contributed by atoms with Crippen LogP contribution in [-0.4, -0.2) is 12.9 Å². The SMILES string of the molecule is CCC(C)(C#CC(C)(C)Cl)C#C[Si](C)(C)C. The molecule has 0 radical (unpaired) electrons. The van der Waals surface area contributed by atoms with Crippen molar-refractivity contribution in [2.45, 2.75) is 58.6 Å². The van der Waals surface area contributed by atoms with Gasteiger partial charge >= 0.3 is 0 Å². The van der Waals surface area contributed by atoms with Gasteiger partial charge in [-0.25, -0.2) is 0 Å². The van der Waals surface area contributed by atoms with Crippen LogP contribution < -0.4 is 0 Å². The average Bonchev–Trinajstić information content (AvgIpc) is 2.09. The van der Waals surface area contributed by atoms with Gasteiger partial charge in [-0.3, -0.25) is 0 Å². The smallest absolute Gasteiger partial charge is 0.129 e. The van der Waals surface area contributed by atoms with Gasteiger partial charge in [-0.05, 0) is 27.2 Å². The van der Waals surface area contributed by atoms with E-state index in [0.717, 1.165) is 6.42 Å². The summed E-state index contributed by atoms with van der Waals surface area (Å²) in [6.45, 7) is 14.8. The van der Waals surface area contributed by atoms with Crippen molar-refractivity contribution in [1.29, 1.82) is 0 Å². The Morgan fingerprint density at radius 1 is 1.00 bits per heavy atom. The van der Waals surface area contributed by atoms with E-state index in [1.807, 2.05) is 13.8 Å². The molecule has 0 rings (SSSR count). The summed E-state index contributed by atoms with van der Waals surface area (Å²) in [4.78, 5) is -0.461. The summed E-state index contributed by atoms with van der Waals surface area (Å²) in [6.07, 6.45) is 0.935. The van der Waals surface area contributed by atoms with Gasteiger partial charge in [-0.2, -0.15) is 0 Å². The minimum Gasteiger partial charge on any atom is -0.130 e. The van der Waals surface area contributed by atoms with Crippen molar-refractivity contribution < 1.29 is 0 Å². The highest BCUT2D eigenvalue weighted by Gasteiger charge is 2.18. The lowest BCUT2D eigenvalue weighted by Gasteiger charge is -2.16. The van der Waals surface area contributed by atoms with Crippen LogP contribution in [0.5, 0.6) is 0 Å². The molecule has 2 heteroatoms. The number of hydrogen-bond acceptors (Lipinski definition) is 0. The zero-order chi connectivity index (χ0) is 13.0. The van der Waals surface area contributed by atoms with Gasteiger partial charge < -0.3 is 0 Å². The second-order valence-electron chi connectivity index (χ2n) is 5.91. The summed E-state index contributed by atoms with van der Waals surface area (Å²) in [5, 5.41) is 0. The molecule has 1 atom stereocenters. The van der Waals surface area contributed by atoms with E-state index < -0.39 is 12.9 Å². The van der Waals surface area contributed by atoms with E-state index in [1.165, 1.54) is 0 Å². The van der Waals surface area contributed by atoms with E-state index in [1.54, 1.807) is 0 Å². The molecule has 0 fully saturated rings. The third-order valence-electron chi connectivity index (χ3n) is 2.06. The summed E-state index contributed by atoms with van der Waals surface area (Å²) in [6, 6.07) is 0. The lowest BCUT2D eigenvalue weighted by Crippen LogP contribution is -2.19. The van der Waals surface area contributed by atoms with Crippen LogP contribution in [0.2, 0.25) is 19.6 Å². The highest BCUT2D eigenvalue weighted by Crippen LogP contribution is 2.20. The molecule has 16 heavy (non-hydrogen) atoms. The predicted molar refractivity (Wildman–Crippen MR) is 77.2 cm³/mol. The van der Waals surface area contributed by atoms with Crippen LogP contribution in [0.3, 0.4) is 0 Å². The molecule has 0 aliphatic heterocycles. The first-order valence-electron chi connectivity index (χ1n) is 5.75. The normalized spacial score (nSPS) is 15.2. The van der Waals surface area contributed by atoms with Gasteiger partial charge in [0.05, 0.1) is 10.3 Å². The first-order chi connectivity index (χ1) is 6.97. The number of alkyl halides is 1. The van der Waals surface area contributed by atoms with E-state index in [4.69, 9.17) is 11.6 Å². The Hall–Kier alpha value is -0.373. The molecule has 0 saturated carbocycles. The minimum absolute atomic E-state index is 0.216. The molecule has 0 N–H and O–H groups in total. The van der Waals surface area contributed by atoms with Crippen LogP contribution in [-0.2, 0) is 0 Å². The fourth-order valence-electron chi connectivity index (χ4n) is 0.820. The third kappa shape index (κ3) is 7.86. The molecule has 1 unspecified atom stereocenters. The van der Waals surface area contributed by atoms with E-state index in [9.17, 15) is 0 Å². The van der Waals surface area contributed by atoms with Gasteiger partial charge in [0.25, 0.3) is 0 Å². The average molecular weight is 255 g/mol. The van der Waals surface area contributed by atoms with Crippen LogP contribution in [0.15, 0.2) is 0 Å². The van der Waals surface area contributed by atoms with Crippen molar-refractivity contribution in [3.63, 3.8) is 0 Å². The van der Waals surface area contributed by atoms with Crippen LogP contribution in [0.4, 0.5) is 0 Å². The van der Waals surface area contributed by atoms with Crippen LogP contribution in [0, 0.1) is 28.7 Å². The Kier molecular flexibility index (Phi) is 5.18. The van der Waals surface area contributed by atoms with Gasteiger partial charge in [-0.15, -0.1) is 17.1 Å². The molecule has 0 nitrogen and oxygen atoms in total. The van der Waals surface area contributed by atoms with Crippen molar-refractivity contribution in [3.8, 4) is 23.3 Å². The van der Waals surface area contributed by atoms with Gasteiger partial charge in [0, 0.05) is 0 Å². The summed E-state index contributed by atoms with van der Waals surface area (Å²) >= 11 is 6.07. The maximum absolute atomic E-state index is 6.07. The summed E-state index contributed by atoms with van der Waals surface area (Å²) in [5.41, 5.74) is 3.18. The van der Waals surface area contributed by atoms with Crippen LogP contribution in [0.1, 0.15) is 34.1 Å². The lowest BCUT2D eigenvalue weighted by molar-refractivity contribution is 0.577. The maximum Gasteiger partial charge on any atom is 0.129 e. The standard InChI is InChI=1S/C14H23ClSi/c1-8-14(4,10-9-13(2,3)15)11-12-16(5,6)7/h8H2,1-7H3. The molecule has 0 heterocycles. The molecule has 0 spiro atoms. The fraction of sp³-hybridized carbons (Fsp3) is 0.714. The van der Waals surface area contributed by atoms with E-state index in [2.05, 4.69) is 56.8 Å². The van der Waals surface area contributed by atoms with Crippen molar-refractivity contribution >= 4 is 19.7 Å². The Bertz CT molecular complexity index is 315. The number of hydrogen-bond donors (Lipinski definition) is 0. The quantitative estimate of drug-likeness (QED) is 0.372. The van der Waals surface area contributed by atoms with Crippen molar-refractivity contribution in [1.82, 2.24) is 0 Å². The zero-order valence-electron chi connectivity index (χ0n) is 11.6. The second kappa shape index (κ2) is 5.31. The highest BCUT2D eigenvalue weighted by molar-refractivity contribution is 6.83. The first kappa shape index (κ1) is 15.6. The van der Waals surface area contributed by atoms with Gasteiger partial charge in [0.15, 0.2) is 0 Å². The molecule has 90 valence electrons. The Labute approximate surface area is 107 Å². The molecular weight excluding hydrogens is 232 g/mol. The van der Waals surface area contributed by atoms with Gasteiger partial charge in [0.1, 0.15) is 8.07 Å². The zero-order valence-corrected chi connectivity index (χ0v) is 13.3. The van der Waals surface area contributed by atoms with Gasteiger partial charge in [0.2, 0.25) is 0 Å². The molecule has 0 aromatic heterocycles. The van der Waals surface area contributed by atoms with E-state index in [-0.39, 0.29) is 5.41 Å². The van der Waals surface area contributed by atoms with Gasteiger partial charge in [-0.1, -0.05) is 44.3 Å². The second-order valence-corrected chi connectivity index (χ2v) is 11.6. The highest BCUT2D eigenvalue weighted by atomic mass is 35.5. The molecule has 0 aliphatic carbocycles. The predicted octanol–water partition coefficient (Wildman–Crippen LogP) is 4.30. The van der Waals surface area contributed by atoms with E-state index in [0.29, 0.717) is 0 Å². The summed E-state index contributed by atoms with van der Waals surface area (Å²) in [5.74, 6) is 9.64. The topological polar surface area (TPSA) is 0 Å². The number of halogens is 1. The van der Waals surface area contributed by atoms with Crippen LogP contribution >= 0.6 is 11.6 Å². The van der Waals surface area contributed by atoms with Crippen LogP contribution in [0.25, 0.3) is 0 Å². The van der Waals surface area contributed by atoms with E-state index >= 15 is 0 Å². The van der Waals surface area contributed by atoms with Crippen molar-refractivity contribution in [2.24, 2.45) is 5.41 Å². The molecule has 0 aromatic rings. The molecular formula is C14H23ClSi. The monoisotopic (exact) mass is 254 g/mol. The van der Waals surface area contributed by atoms with Crippen molar-refractivity contribution in [2.75, 3.05) is 0 Å². The third-order valence-corrected chi connectivity index (χ3v) is 3.03. The number of rotatable bonds is 1. The minimum atomic E-state index is -1.32. The fourth-order valence-corrected chi connectivity index (χ4v) is 1.52. The molecule has 0 saturated heterocycles. The molecule has 0 bridgehead atoms. The Balaban J connectivity index is 5.05. The van der Waals surface area contributed by atoms with Crippen molar-refractivity contribution in [3.05, 3.63) is 0 Å². The Morgan fingerprint density at radius 2 is 1.50 bits per heavy atom. The molecule has 0 aromatic carbocycles. The Morgan fingerprint density at radius 3 is 1.81 bits per heavy atom. The summed E-state index contributed by atoms with van der Waals surface area (Å²) in [7, 11) is -1.32. The molecule has 0 amide bonds. The lowest BCUT2D eigenvalue weighted by atomic mass is 9.89. The first-order valence-corrected chi connectivity index (χ1v) is 9.63. The molecule has 0 aliphatic rings. The maximum atomic E-state index is 6.07. The summed E-state index contributed by atoms with van der Waals surface area (Å²) < 4.78 is 0.